The minimum atomic E-state index is -3.69. The number of rotatable bonds is 3. The molecule has 19 heavy (non-hydrogen) atoms. The van der Waals surface area contributed by atoms with Gasteiger partial charge in [-0.25, -0.2) is 8.42 Å². The number of anilines is 2. The summed E-state index contributed by atoms with van der Waals surface area (Å²) in [7, 11) is -2.25. The highest BCUT2D eigenvalue weighted by atomic mass is 79.9. The number of halogens is 2. The minimum absolute atomic E-state index is 0.142. The quantitative estimate of drug-likeness (QED) is 0.885. The molecule has 2 aromatic heterocycles. The van der Waals surface area contributed by atoms with Gasteiger partial charge in [0.15, 0.2) is 0 Å². The fourth-order valence-corrected chi connectivity index (χ4v) is 5.20. The third kappa shape index (κ3) is 2.71. The third-order valence-corrected chi connectivity index (χ3v) is 7.10. The Labute approximate surface area is 128 Å². The molecule has 0 bridgehead atoms. The van der Waals surface area contributed by atoms with Crippen LogP contribution in [0.25, 0.3) is 0 Å². The summed E-state index contributed by atoms with van der Waals surface area (Å²) in [5.74, 6) is 0. The van der Waals surface area contributed by atoms with E-state index in [1.165, 1.54) is 31.6 Å². The Morgan fingerprint density at radius 3 is 2.74 bits per heavy atom. The topological polar surface area (TPSA) is 76.3 Å². The summed E-state index contributed by atoms with van der Waals surface area (Å²) in [5, 5.41) is 0.361. The molecule has 5 nitrogen and oxygen atoms in total. The lowest BCUT2D eigenvalue weighted by atomic mass is 10.3. The van der Waals surface area contributed by atoms with Gasteiger partial charge in [0.2, 0.25) is 0 Å². The van der Waals surface area contributed by atoms with Crippen LogP contribution in [0.1, 0.15) is 0 Å². The summed E-state index contributed by atoms with van der Waals surface area (Å²) in [4.78, 5) is 3.83. The summed E-state index contributed by atoms with van der Waals surface area (Å²) in [6.45, 7) is 0. The molecule has 2 aromatic rings. The number of hydrogen-bond acceptors (Lipinski definition) is 5. The molecule has 2 heterocycles. The van der Waals surface area contributed by atoms with Crippen molar-refractivity contribution in [3.8, 4) is 0 Å². The Morgan fingerprint density at radius 1 is 1.53 bits per heavy atom. The van der Waals surface area contributed by atoms with E-state index in [4.69, 9.17) is 17.3 Å². The van der Waals surface area contributed by atoms with Crippen molar-refractivity contribution in [1.29, 1.82) is 0 Å². The molecule has 2 N–H and O–H groups in total. The van der Waals surface area contributed by atoms with Crippen molar-refractivity contribution in [1.82, 2.24) is 4.98 Å². The van der Waals surface area contributed by atoms with Gasteiger partial charge in [0.1, 0.15) is 4.21 Å². The predicted octanol–water partition coefficient (Wildman–Crippen LogP) is 2.97. The van der Waals surface area contributed by atoms with Crippen molar-refractivity contribution in [2.24, 2.45) is 0 Å². The van der Waals surface area contributed by atoms with E-state index in [9.17, 15) is 8.42 Å². The van der Waals surface area contributed by atoms with Crippen molar-refractivity contribution in [2.75, 3.05) is 17.1 Å². The second kappa shape index (κ2) is 5.28. The highest BCUT2D eigenvalue weighted by molar-refractivity contribution is 9.11. The predicted molar refractivity (Wildman–Crippen MR) is 81.3 cm³/mol. The zero-order valence-electron chi connectivity index (χ0n) is 9.67. The standard InChI is InChI=1S/C10H9BrClN3O2S2/c1-15(8-2-3-14-5-7(8)13)19(16,17)9-4-6(12)10(11)18-9/h2-5H,13H2,1H3. The third-order valence-electron chi connectivity index (χ3n) is 2.40. The SMILES string of the molecule is CN(c1ccncc1N)S(=O)(=O)c1cc(Cl)c(Br)s1. The largest absolute Gasteiger partial charge is 0.396 e. The second-order valence-electron chi connectivity index (χ2n) is 3.59. The lowest BCUT2D eigenvalue weighted by molar-refractivity contribution is 0.596. The summed E-state index contributed by atoms with van der Waals surface area (Å²) < 4.78 is 26.7. The first kappa shape index (κ1) is 14.6. The Balaban J connectivity index is 2.48. The lowest BCUT2D eigenvalue weighted by Crippen LogP contribution is -2.26. The van der Waals surface area contributed by atoms with Crippen LogP contribution in [0, 0.1) is 0 Å². The van der Waals surface area contributed by atoms with E-state index in [0.717, 1.165) is 15.6 Å². The van der Waals surface area contributed by atoms with Crippen LogP contribution in [-0.4, -0.2) is 20.4 Å². The second-order valence-corrected chi connectivity index (χ2v) is 8.57. The number of nitrogens with two attached hydrogens (primary N) is 1. The van der Waals surface area contributed by atoms with Crippen LogP contribution in [0.3, 0.4) is 0 Å². The molecule has 0 aliphatic rings. The van der Waals surface area contributed by atoms with Gasteiger partial charge in [0.05, 0.1) is 26.4 Å². The smallest absolute Gasteiger partial charge is 0.273 e. The zero-order chi connectivity index (χ0) is 14.2. The van der Waals surface area contributed by atoms with Crippen LogP contribution in [0.15, 0.2) is 32.5 Å². The number of thiophene rings is 1. The Bertz CT molecular complexity index is 698. The van der Waals surface area contributed by atoms with Gasteiger partial charge < -0.3 is 5.73 Å². The molecule has 0 radical (unpaired) electrons. The Morgan fingerprint density at radius 2 is 2.21 bits per heavy atom. The van der Waals surface area contributed by atoms with Crippen LogP contribution in [0.5, 0.6) is 0 Å². The van der Waals surface area contributed by atoms with Crippen molar-refractivity contribution < 1.29 is 8.42 Å². The average molecular weight is 383 g/mol. The van der Waals surface area contributed by atoms with E-state index in [0.29, 0.717) is 14.5 Å². The lowest BCUT2D eigenvalue weighted by Gasteiger charge is -2.19. The van der Waals surface area contributed by atoms with E-state index in [1.54, 1.807) is 0 Å². The Kier molecular flexibility index (Phi) is 4.05. The highest BCUT2D eigenvalue weighted by Crippen LogP contribution is 2.37. The fraction of sp³-hybridized carbons (Fsp3) is 0.100. The van der Waals surface area contributed by atoms with Crippen LogP contribution < -0.4 is 10.0 Å². The maximum atomic E-state index is 12.4. The van der Waals surface area contributed by atoms with Gasteiger partial charge in [-0.1, -0.05) is 11.6 Å². The summed E-state index contributed by atoms with van der Waals surface area (Å²) in [5.41, 5.74) is 6.39. The Hall–Kier alpha value is -0.830. The number of nitrogen functional groups attached to an aromatic ring is 1. The van der Waals surface area contributed by atoms with Gasteiger partial charge in [-0.05, 0) is 28.1 Å². The van der Waals surface area contributed by atoms with E-state index in [1.807, 2.05) is 0 Å². The molecule has 0 atom stereocenters. The molecule has 0 aliphatic heterocycles. The molecule has 102 valence electrons. The number of hydrogen-bond donors (Lipinski definition) is 1. The van der Waals surface area contributed by atoms with Gasteiger partial charge in [0.25, 0.3) is 10.0 Å². The summed E-state index contributed by atoms with van der Waals surface area (Å²) in [6.07, 6.45) is 2.88. The first-order valence-electron chi connectivity index (χ1n) is 4.97. The van der Waals surface area contributed by atoms with E-state index < -0.39 is 10.0 Å². The van der Waals surface area contributed by atoms with Crippen molar-refractivity contribution in [3.05, 3.63) is 33.3 Å². The maximum Gasteiger partial charge on any atom is 0.273 e. The van der Waals surface area contributed by atoms with E-state index in [-0.39, 0.29) is 9.90 Å². The molecule has 0 saturated carbocycles. The van der Waals surface area contributed by atoms with Crippen LogP contribution in [-0.2, 0) is 10.0 Å². The van der Waals surface area contributed by atoms with Gasteiger partial charge in [0, 0.05) is 13.2 Å². The molecule has 0 aliphatic carbocycles. The maximum absolute atomic E-state index is 12.4. The molecule has 0 saturated heterocycles. The summed E-state index contributed by atoms with van der Waals surface area (Å²) in [6, 6.07) is 2.94. The van der Waals surface area contributed by atoms with Crippen molar-refractivity contribution in [3.63, 3.8) is 0 Å². The average Bonchev–Trinajstić information content (AvgIpc) is 2.70. The van der Waals surface area contributed by atoms with Crippen LogP contribution in [0.4, 0.5) is 11.4 Å². The van der Waals surface area contributed by atoms with Gasteiger partial charge >= 0.3 is 0 Å². The molecular formula is C10H9BrClN3O2S2. The van der Waals surface area contributed by atoms with E-state index >= 15 is 0 Å². The molecule has 0 spiro atoms. The van der Waals surface area contributed by atoms with Crippen molar-refractivity contribution in [2.45, 2.75) is 4.21 Å². The molecular weight excluding hydrogens is 374 g/mol. The first-order valence-corrected chi connectivity index (χ1v) is 8.40. The summed E-state index contributed by atoms with van der Waals surface area (Å²) >= 11 is 10.1. The molecule has 0 aromatic carbocycles. The molecule has 0 fully saturated rings. The highest BCUT2D eigenvalue weighted by Gasteiger charge is 2.25. The monoisotopic (exact) mass is 381 g/mol. The molecule has 0 amide bonds. The van der Waals surface area contributed by atoms with E-state index in [2.05, 4.69) is 20.9 Å². The minimum Gasteiger partial charge on any atom is -0.396 e. The number of sulfonamides is 1. The van der Waals surface area contributed by atoms with Gasteiger partial charge in [-0.3, -0.25) is 9.29 Å². The normalized spacial score (nSPS) is 11.5. The van der Waals surface area contributed by atoms with Gasteiger partial charge in [-0.2, -0.15) is 0 Å². The van der Waals surface area contributed by atoms with Gasteiger partial charge in [-0.15, -0.1) is 11.3 Å². The fourth-order valence-electron chi connectivity index (χ4n) is 1.40. The number of nitrogens with zero attached hydrogens (tertiary/aromatic N) is 2. The van der Waals surface area contributed by atoms with Crippen LogP contribution >= 0.6 is 38.9 Å². The number of pyridine rings is 1. The van der Waals surface area contributed by atoms with Crippen LogP contribution in [0.2, 0.25) is 5.02 Å². The molecule has 2 rings (SSSR count). The van der Waals surface area contributed by atoms with Crippen molar-refractivity contribution >= 4 is 60.3 Å². The molecule has 0 unspecified atom stereocenters. The first-order chi connectivity index (χ1) is 8.84. The molecule has 9 heteroatoms. The zero-order valence-corrected chi connectivity index (χ0v) is 13.6. The number of aromatic nitrogens is 1.